The number of esters is 1. The first-order valence-electron chi connectivity index (χ1n) is 6.47. The Labute approximate surface area is 142 Å². The number of anilines is 1. The maximum absolute atomic E-state index is 11.8. The molecule has 0 radical (unpaired) electrons. The molecule has 7 heteroatoms. The minimum atomic E-state index is -0.671. The van der Waals surface area contributed by atoms with E-state index in [1.807, 2.05) is 0 Å². The highest BCUT2D eigenvalue weighted by Gasteiger charge is 2.11. The Morgan fingerprint density at radius 1 is 1.09 bits per heavy atom. The van der Waals surface area contributed by atoms with E-state index in [-0.39, 0.29) is 5.56 Å². The van der Waals surface area contributed by atoms with Gasteiger partial charge >= 0.3 is 5.97 Å². The molecule has 2 rings (SSSR count). The smallest absolute Gasteiger partial charge is 0.338 e. The summed E-state index contributed by atoms with van der Waals surface area (Å²) in [5.74, 6) is -1.22. The Morgan fingerprint density at radius 2 is 1.78 bits per heavy atom. The third-order valence-corrected chi connectivity index (χ3v) is 3.38. The van der Waals surface area contributed by atoms with Gasteiger partial charge in [0.1, 0.15) is 6.29 Å². The molecule has 0 aliphatic carbocycles. The van der Waals surface area contributed by atoms with Crippen LogP contribution in [0.15, 0.2) is 42.5 Å². The Hall–Kier alpha value is -2.37. The summed E-state index contributed by atoms with van der Waals surface area (Å²) >= 11 is 11.7. The van der Waals surface area contributed by atoms with Crippen molar-refractivity contribution in [1.29, 1.82) is 0 Å². The first kappa shape index (κ1) is 17.0. The predicted molar refractivity (Wildman–Crippen MR) is 87.2 cm³/mol. The molecule has 1 amide bonds. The van der Waals surface area contributed by atoms with Crippen LogP contribution in [0.2, 0.25) is 10.0 Å². The molecule has 0 aliphatic rings. The van der Waals surface area contributed by atoms with E-state index in [1.54, 1.807) is 12.1 Å². The summed E-state index contributed by atoms with van der Waals surface area (Å²) in [6.45, 7) is -0.475. The lowest BCUT2D eigenvalue weighted by Gasteiger charge is -2.08. The van der Waals surface area contributed by atoms with Crippen LogP contribution in [0.25, 0.3) is 0 Å². The van der Waals surface area contributed by atoms with Gasteiger partial charge < -0.3 is 10.1 Å². The Morgan fingerprint density at radius 3 is 2.43 bits per heavy atom. The van der Waals surface area contributed by atoms with Gasteiger partial charge in [-0.2, -0.15) is 0 Å². The van der Waals surface area contributed by atoms with Crippen LogP contribution in [0.4, 0.5) is 5.69 Å². The van der Waals surface area contributed by atoms with Crippen LogP contribution in [-0.4, -0.2) is 24.8 Å². The number of rotatable bonds is 5. The lowest BCUT2D eigenvalue weighted by Crippen LogP contribution is -2.21. The molecule has 0 saturated carbocycles. The highest BCUT2D eigenvalue weighted by Crippen LogP contribution is 2.25. The van der Waals surface area contributed by atoms with Crippen molar-refractivity contribution in [3.8, 4) is 0 Å². The van der Waals surface area contributed by atoms with Crippen molar-refractivity contribution in [2.24, 2.45) is 0 Å². The number of carbonyl (C=O) groups is 3. The van der Waals surface area contributed by atoms with Crippen molar-refractivity contribution in [3.63, 3.8) is 0 Å². The van der Waals surface area contributed by atoms with E-state index >= 15 is 0 Å². The molecule has 0 heterocycles. The van der Waals surface area contributed by atoms with Gasteiger partial charge in [-0.05, 0) is 30.3 Å². The first-order chi connectivity index (χ1) is 11.0. The summed E-state index contributed by atoms with van der Waals surface area (Å²) in [4.78, 5) is 34.1. The molecule has 5 nitrogen and oxygen atoms in total. The number of aldehydes is 1. The summed E-state index contributed by atoms with van der Waals surface area (Å²) in [5.41, 5.74) is 1.01. The quantitative estimate of drug-likeness (QED) is 0.659. The summed E-state index contributed by atoms with van der Waals surface area (Å²) in [5, 5.41) is 3.23. The minimum Gasteiger partial charge on any atom is -0.452 e. The third kappa shape index (κ3) is 4.81. The van der Waals surface area contributed by atoms with E-state index in [0.717, 1.165) is 0 Å². The zero-order chi connectivity index (χ0) is 16.8. The molecule has 0 atom stereocenters. The molecule has 0 saturated heterocycles. The van der Waals surface area contributed by atoms with Crippen molar-refractivity contribution in [2.75, 3.05) is 11.9 Å². The molecule has 118 valence electrons. The van der Waals surface area contributed by atoms with Crippen LogP contribution in [0.1, 0.15) is 20.7 Å². The van der Waals surface area contributed by atoms with Gasteiger partial charge in [0.2, 0.25) is 0 Å². The second-order valence-corrected chi connectivity index (χ2v) is 5.33. The van der Waals surface area contributed by atoms with E-state index < -0.39 is 18.5 Å². The highest BCUT2D eigenvalue weighted by atomic mass is 35.5. The molecular formula is C16H11Cl2NO4. The van der Waals surface area contributed by atoms with Gasteiger partial charge in [-0.3, -0.25) is 9.59 Å². The number of nitrogens with one attached hydrogen (secondary N) is 1. The number of carbonyl (C=O) groups excluding carboxylic acids is 3. The van der Waals surface area contributed by atoms with E-state index in [2.05, 4.69) is 5.32 Å². The van der Waals surface area contributed by atoms with Gasteiger partial charge in [0.25, 0.3) is 5.91 Å². The Balaban J connectivity index is 1.91. The molecular weight excluding hydrogens is 341 g/mol. The van der Waals surface area contributed by atoms with E-state index in [9.17, 15) is 14.4 Å². The fourth-order valence-electron chi connectivity index (χ4n) is 1.69. The van der Waals surface area contributed by atoms with Crippen LogP contribution in [0.5, 0.6) is 0 Å². The van der Waals surface area contributed by atoms with Gasteiger partial charge in [-0.1, -0.05) is 35.3 Å². The molecule has 0 spiro atoms. The molecule has 0 bridgehead atoms. The van der Waals surface area contributed by atoms with Gasteiger partial charge in [0.05, 0.1) is 16.3 Å². The van der Waals surface area contributed by atoms with E-state index in [0.29, 0.717) is 27.6 Å². The molecule has 0 fully saturated rings. The molecule has 1 N–H and O–H groups in total. The van der Waals surface area contributed by atoms with Crippen molar-refractivity contribution in [1.82, 2.24) is 0 Å². The van der Waals surface area contributed by atoms with Crippen LogP contribution >= 0.6 is 23.2 Å². The fourth-order valence-corrected chi connectivity index (χ4v) is 2.03. The fraction of sp³-hybridized carbons (Fsp3) is 0.0625. The summed E-state index contributed by atoms with van der Waals surface area (Å²) in [6, 6.07) is 10.5. The largest absolute Gasteiger partial charge is 0.452 e. The Kier molecular flexibility index (Phi) is 5.73. The Bertz CT molecular complexity index is 744. The SMILES string of the molecule is O=Cc1ccc(C(=O)OCC(=O)Nc2cc(Cl)ccc2Cl)cc1. The van der Waals surface area contributed by atoms with Gasteiger partial charge in [-0.15, -0.1) is 0 Å². The lowest BCUT2D eigenvalue weighted by atomic mass is 10.1. The second kappa shape index (κ2) is 7.76. The molecule has 2 aromatic carbocycles. The number of hydrogen-bond donors (Lipinski definition) is 1. The van der Waals surface area contributed by atoms with Crippen LogP contribution in [0.3, 0.4) is 0 Å². The summed E-state index contributed by atoms with van der Waals surface area (Å²) in [6.07, 6.45) is 0.664. The number of hydrogen-bond acceptors (Lipinski definition) is 4. The molecule has 23 heavy (non-hydrogen) atoms. The number of ether oxygens (including phenoxy) is 1. The van der Waals surface area contributed by atoms with Gasteiger partial charge in [0.15, 0.2) is 6.61 Å². The minimum absolute atomic E-state index is 0.240. The van der Waals surface area contributed by atoms with Crippen LogP contribution < -0.4 is 5.32 Å². The third-order valence-electron chi connectivity index (χ3n) is 2.82. The van der Waals surface area contributed by atoms with E-state index in [1.165, 1.54) is 30.3 Å². The maximum atomic E-state index is 11.8. The zero-order valence-electron chi connectivity index (χ0n) is 11.7. The molecule has 0 unspecified atom stereocenters. The summed E-state index contributed by atoms with van der Waals surface area (Å²) < 4.78 is 4.89. The van der Waals surface area contributed by atoms with Crippen molar-refractivity contribution in [2.45, 2.75) is 0 Å². The van der Waals surface area contributed by atoms with Gasteiger partial charge in [0, 0.05) is 10.6 Å². The average molecular weight is 352 g/mol. The van der Waals surface area contributed by atoms with Crippen LogP contribution in [0, 0.1) is 0 Å². The second-order valence-electron chi connectivity index (χ2n) is 4.49. The first-order valence-corrected chi connectivity index (χ1v) is 7.22. The highest BCUT2D eigenvalue weighted by molar-refractivity contribution is 6.35. The average Bonchev–Trinajstić information content (AvgIpc) is 2.56. The van der Waals surface area contributed by atoms with Crippen molar-refractivity contribution >= 4 is 47.1 Å². The zero-order valence-corrected chi connectivity index (χ0v) is 13.2. The number of benzene rings is 2. The molecule has 0 aliphatic heterocycles. The van der Waals surface area contributed by atoms with E-state index in [4.69, 9.17) is 27.9 Å². The molecule has 2 aromatic rings. The molecule has 0 aromatic heterocycles. The van der Waals surface area contributed by atoms with Gasteiger partial charge in [-0.25, -0.2) is 4.79 Å². The lowest BCUT2D eigenvalue weighted by molar-refractivity contribution is -0.119. The standard InChI is InChI=1S/C16H11Cl2NO4/c17-12-5-6-13(18)14(7-12)19-15(21)9-23-16(22)11-3-1-10(8-20)2-4-11/h1-8H,9H2,(H,19,21). The maximum Gasteiger partial charge on any atom is 0.338 e. The summed E-state index contributed by atoms with van der Waals surface area (Å²) in [7, 11) is 0. The monoisotopic (exact) mass is 351 g/mol. The van der Waals surface area contributed by atoms with Crippen molar-refractivity contribution in [3.05, 3.63) is 63.6 Å². The normalized spacial score (nSPS) is 10.0. The topological polar surface area (TPSA) is 72.5 Å². The number of halogens is 2. The van der Waals surface area contributed by atoms with Crippen LogP contribution in [-0.2, 0) is 9.53 Å². The van der Waals surface area contributed by atoms with Crippen molar-refractivity contribution < 1.29 is 19.1 Å². The predicted octanol–water partition coefficient (Wildman–Crippen LogP) is 3.60. The number of amides is 1.